The van der Waals surface area contributed by atoms with Crippen LogP contribution in [0, 0.1) is 0 Å². The summed E-state index contributed by atoms with van der Waals surface area (Å²) in [5.41, 5.74) is 2.02. The van der Waals surface area contributed by atoms with Gasteiger partial charge in [0.1, 0.15) is 13.2 Å². The lowest BCUT2D eigenvalue weighted by atomic mass is 10.2. The molecule has 0 saturated carbocycles. The highest BCUT2D eigenvalue weighted by molar-refractivity contribution is 5.97. The Balaban J connectivity index is 1.32. The summed E-state index contributed by atoms with van der Waals surface area (Å²) in [6, 6.07) is 12.4. The lowest BCUT2D eigenvalue weighted by Gasteiger charge is -2.28. The molecule has 4 rings (SSSR count). The van der Waals surface area contributed by atoms with Gasteiger partial charge >= 0.3 is 5.97 Å². The summed E-state index contributed by atoms with van der Waals surface area (Å²) < 4.78 is 21.6. The van der Waals surface area contributed by atoms with Crippen molar-refractivity contribution >= 4 is 23.3 Å². The Kier molecular flexibility index (Phi) is 6.04. The van der Waals surface area contributed by atoms with Crippen LogP contribution in [-0.2, 0) is 14.3 Å². The summed E-state index contributed by atoms with van der Waals surface area (Å²) in [5.74, 6) is 0.0783. The van der Waals surface area contributed by atoms with E-state index in [4.69, 9.17) is 18.9 Å². The lowest BCUT2D eigenvalue weighted by molar-refractivity contribution is -0.123. The maximum absolute atomic E-state index is 12.4. The van der Waals surface area contributed by atoms with E-state index in [2.05, 4.69) is 10.2 Å². The molecule has 8 nitrogen and oxygen atoms in total. The highest BCUT2D eigenvalue weighted by Crippen LogP contribution is 2.31. The third-order valence-corrected chi connectivity index (χ3v) is 4.94. The number of morpholine rings is 1. The number of carbonyl (C=O) groups excluding carboxylic acids is 2. The number of amides is 1. The molecule has 2 heterocycles. The third-order valence-electron chi connectivity index (χ3n) is 4.94. The fourth-order valence-corrected chi connectivity index (χ4v) is 3.27. The second-order valence-corrected chi connectivity index (χ2v) is 7.04. The van der Waals surface area contributed by atoms with Crippen molar-refractivity contribution in [3.8, 4) is 11.5 Å². The maximum Gasteiger partial charge on any atom is 0.339 e. The minimum Gasteiger partial charge on any atom is -0.486 e. The van der Waals surface area contributed by atoms with Crippen LogP contribution in [-0.4, -0.2) is 57.5 Å². The van der Waals surface area contributed by atoms with Gasteiger partial charge in [-0.15, -0.1) is 0 Å². The van der Waals surface area contributed by atoms with Crippen LogP contribution in [0.15, 0.2) is 42.5 Å². The monoisotopic (exact) mass is 412 g/mol. The van der Waals surface area contributed by atoms with Crippen molar-refractivity contribution in [3.63, 3.8) is 0 Å². The largest absolute Gasteiger partial charge is 0.486 e. The highest BCUT2D eigenvalue weighted by atomic mass is 16.6. The Hall–Kier alpha value is -3.26. The molecule has 2 aromatic rings. The van der Waals surface area contributed by atoms with Gasteiger partial charge in [0.25, 0.3) is 5.91 Å². The van der Waals surface area contributed by atoms with Crippen molar-refractivity contribution in [2.45, 2.75) is 13.0 Å². The molecule has 0 aliphatic carbocycles. The Morgan fingerprint density at radius 1 is 0.967 bits per heavy atom. The number of ether oxygens (including phenoxy) is 4. The lowest BCUT2D eigenvalue weighted by Crippen LogP contribution is -2.36. The maximum atomic E-state index is 12.4. The van der Waals surface area contributed by atoms with E-state index in [1.807, 2.05) is 24.3 Å². The molecule has 0 spiro atoms. The van der Waals surface area contributed by atoms with Crippen LogP contribution in [0.4, 0.5) is 11.4 Å². The summed E-state index contributed by atoms with van der Waals surface area (Å²) in [6.07, 6.45) is -0.954. The normalized spacial score (nSPS) is 16.5. The van der Waals surface area contributed by atoms with E-state index in [0.717, 1.165) is 18.8 Å². The molecule has 1 unspecified atom stereocenters. The fraction of sp³-hybridized carbons (Fsp3) is 0.364. The van der Waals surface area contributed by atoms with Gasteiger partial charge in [-0.3, -0.25) is 4.79 Å². The van der Waals surface area contributed by atoms with Crippen LogP contribution in [0.2, 0.25) is 0 Å². The van der Waals surface area contributed by atoms with Gasteiger partial charge in [-0.2, -0.15) is 0 Å². The second-order valence-electron chi connectivity index (χ2n) is 7.04. The minimum atomic E-state index is -0.954. The van der Waals surface area contributed by atoms with Crippen LogP contribution < -0.4 is 19.7 Å². The Morgan fingerprint density at radius 2 is 1.67 bits per heavy atom. The number of anilines is 2. The van der Waals surface area contributed by atoms with E-state index in [-0.39, 0.29) is 0 Å². The Labute approximate surface area is 174 Å². The van der Waals surface area contributed by atoms with Crippen molar-refractivity contribution in [1.82, 2.24) is 0 Å². The van der Waals surface area contributed by atoms with Crippen molar-refractivity contribution < 1.29 is 28.5 Å². The summed E-state index contributed by atoms with van der Waals surface area (Å²) in [4.78, 5) is 27.1. The molecule has 1 fully saturated rings. The van der Waals surface area contributed by atoms with Crippen LogP contribution in [0.25, 0.3) is 0 Å². The van der Waals surface area contributed by atoms with Gasteiger partial charge in [0.05, 0.1) is 18.8 Å². The van der Waals surface area contributed by atoms with E-state index in [0.29, 0.717) is 49.2 Å². The Morgan fingerprint density at radius 3 is 2.40 bits per heavy atom. The van der Waals surface area contributed by atoms with Gasteiger partial charge in [-0.05, 0) is 49.4 Å². The van der Waals surface area contributed by atoms with Crippen LogP contribution in [0.1, 0.15) is 17.3 Å². The predicted octanol–water partition coefficient (Wildman–Crippen LogP) is 2.48. The first-order valence-corrected chi connectivity index (χ1v) is 9.94. The summed E-state index contributed by atoms with van der Waals surface area (Å²) in [6.45, 7) is 5.55. The number of nitrogens with one attached hydrogen (secondary N) is 1. The number of esters is 1. The smallest absolute Gasteiger partial charge is 0.339 e. The molecular formula is C22H24N2O6. The van der Waals surface area contributed by atoms with Crippen LogP contribution >= 0.6 is 0 Å². The van der Waals surface area contributed by atoms with Gasteiger partial charge in [0.2, 0.25) is 0 Å². The SMILES string of the molecule is CC(OC(=O)c1ccc2c(c1)OCCO2)C(=O)Nc1ccc(N2CCOCC2)cc1. The molecule has 0 bridgehead atoms. The first-order valence-electron chi connectivity index (χ1n) is 9.94. The molecule has 1 amide bonds. The van der Waals surface area contributed by atoms with E-state index in [9.17, 15) is 9.59 Å². The average Bonchev–Trinajstić information content (AvgIpc) is 2.79. The van der Waals surface area contributed by atoms with Crippen LogP contribution in [0.5, 0.6) is 11.5 Å². The van der Waals surface area contributed by atoms with Crippen molar-refractivity contribution in [2.75, 3.05) is 49.7 Å². The van der Waals surface area contributed by atoms with Gasteiger partial charge < -0.3 is 29.2 Å². The van der Waals surface area contributed by atoms with Gasteiger partial charge in [0.15, 0.2) is 17.6 Å². The molecule has 1 saturated heterocycles. The predicted molar refractivity (Wildman–Crippen MR) is 110 cm³/mol. The standard InChI is InChI=1S/C22H24N2O6/c1-15(30-22(26)16-2-7-19-20(14-16)29-13-12-28-19)21(25)23-17-3-5-18(6-4-17)24-8-10-27-11-9-24/h2-7,14-15H,8-13H2,1H3,(H,23,25). The van der Waals surface area contributed by atoms with E-state index in [1.54, 1.807) is 18.2 Å². The van der Waals surface area contributed by atoms with Crippen LogP contribution in [0.3, 0.4) is 0 Å². The van der Waals surface area contributed by atoms with E-state index in [1.165, 1.54) is 6.92 Å². The fourth-order valence-electron chi connectivity index (χ4n) is 3.27. The van der Waals surface area contributed by atoms with Crippen molar-refractivity contribution in [1.29, 1.82) is 0 Å². The van der Waals surface area contributed by atoms with Gasteiger partial charge in [-0.1, -0.05) is 0 Å². The second kappa shape index (κ2) is 9.04. The Bertz CT molecular complexity index is 908. The summed E-state index contributed by atoms with van der Waals surface area (Å²) >= 11 is 0. The van der Waals surface area contributed by atoms with Gasteiger partial charge in [-0.25, -0.2) is 4.79 Å². The zero-order valence-electron chi connectivity index (χ0n) is 16.8. The topological polar surface area (TPSA) is 86.3 Å². The molecule has 158 valence electrons. The highest BCUT2D eigenvalue weighted by Gasteiger charge is 2.21. The number of nitrogens with zero attached hydrogens (tertiary/aromatic N) is 1. The first kappa shape index (κ1) is 20.0. The zero-order chi connectivity index (χ0) is 20.9. The summed E-state index contributed by atoms with van der Waals surface area (Å²) in [7, 11) is 0. The molecule has 2 aliphatic heterocycles. The summed E-state index contributed by atoms with van der Waals surface area (Å²) in [5, 5.41) is 2.77. The average molecular weight is 412 g/mol. The third kappa shape index (κ3) is 4.65. The number of benzene rings is 2. The molecule has 0 radical (unpaired) electrons. The minimum absolute atomic E-state index is 0.300. The molecule has 1 atom stereocenters. The molecule has 2 aliphatic rings. The number of hydrogen-bond donors (Lipinski definition) is 1. The number of hydrogen-bond acceptors (Lipinski definition) is 7. The molecule has 0 aromatic heterocycles. The number of fused-ring (bicyclic) bond motifs is 1. The quantitative estimate of drug-likeness (QED) is 0.755. The molecule has 1 N–H and O–H groups in total. The molecule has 8 heteroatoms. The first-order chi connectivity index (χ1) is 14.6. The zero-order valence-corrected chi connectivity index (χ0v) is 16.8. The number of carbonyl (C=O) groups is 2. The van der Waals surface area contributed by atoms with E-state index >= 15 is 0 Å². The van der Waals surface area contributed by atoms with E-state index < -0.39 is 18.0 Å². The molecule has 2 aromatic carbocycles. The molecule has 30 heavy (non-hydrogen) atoms. The van der Waals surface area contributed by atoms with Crippen molar-refractivity contribution in [2.24, 2.45) is 0 Å². The number of rotatable bonds is 5. The van der Waals surface area contributed by atoms with Crippen molar-refractivity contribution in [3.05, 3.63) is 48.0 Å². The van der Waals surface area contributed by atoms with Gasteiger partial charge in [0, 0.05) is 24.5 Å². The molecular weight excluding hydrogens is 388 g/mol.